The number of aliphatic hydroxyl groups is 1. The van der Waals surface area contributed by atoms with Crippen molar-refractivity contribution in [3.05, 3.63) is 60.2 Å². The van der Waals surface area contributed by atoms with Gasteiger partial charge in [-0.15, -0.1) is 0 Å². The van der Waals surface area contributed by atoms with Crippen molar-refractivity contribution in [1.82, 2.24) is 0 Å². The van der Waals surface area contributed by atoms with Crippen LogP contribution in [0.3, 0.4) is 0 Å². The number of benzene rings is 2. The maximum Gasteiger partial charge on any atom is 0.264 e. The van der Waals surface area contributed by atoms with Crippen LogP contribution in [0.5, 0.6) is 0 Å². The molecule has 0 heterocycles. The topological polar surface area (TPSA) is 66.8 Å². The zero-order chi connectivity index (χ0) is 20.9. The van der Waals surface area contributed by atoms with Crippen LogP contribution < -0.4 is 4.31 Å². The first-order valence-electron chi connectivity index (χ1n) is 9.07. The highest BCUT2D eigenvalue weighted by atomic mass is 32.2. The van der Waals surface area contributed by atoms with Gasteiger partial charge in [0.05, 0.1) is 10.6 Å². The fraction of sp³-hybridized carbons (Fsp3) is 0.429. The van der Waals surface area contributed by atoms with Gasteiger partial charge in [-0.05, 0) is 44.0 Å². The van der Waals surface area contributed by atoms with Crippen LogP contribution in [0.25, 0.3) is 0 Å². The minimum atomic E-state index is -3.64. The molecule has 5 nitrogen and oxygen atoms in total. The maximum absolute atomic E-state index is 13.2. The summed E-state index contributed by atoms with van der Waals surface area (Å²) in [7, 11) is -1.02. The van der Waals surface area contributed by atoms with Crippen molar-refractivity contribution < 1.29 is 18.3 Å². The van der Waals surface area contributed by atoms with Crippen molar-refractivity contribution in [1.29, 1.82) is 0 Å². The fourth-order valence-corrected chi connectivity index (χ4v) is 4.48. The highest BCUT2D eigenvalue weighted by molar-refractivity contribution is 7.93. The lowest BCUT2D eigenvalue weighted by atomic mass is 10.2. The van der Waals surface area contributed by atoms with E-state index in [1.165, 1.54) is 4.31 Å². The van der Waals surface area contributed by atoms with Gasteiger partial charge in [0.15, 0.2) is 0 Å². The molecule has 152 valence electrons. The molecule has 1 atom stereocenters. The van der Waals surface area contributed by atoms with Crippen molar-refractivity contribution >= 4 is 15.7 Å². The van der Waals surface area contributed by atoms with E-state index in [-0.39, 0.29) is 6.04 Å². The standard InChI is InChI=1S/C18H23NO3S.C2H6.CH4O/c1-15-9-7-8-12-18(15)23(20,21)19(16(2)13-14-22-3)17-10-5-4-6-11-17;2*1-2/h4-12,16H,13-14H2,1-3H3;1-2H3;2H,1H3. The van der Waals surface area contributed by atoms with Crippen LogP contribution in [0.15, 0.2) is 59.5 Å². The number of sulfonamides is 1. The maximum atomic E-state index is 13.2. The average Bonchev–Trinajstić information content (AvgIpc) is 2.70. The number of nitrogens with zero attached hydrogens (tertiary/aromatic N) is 1. The molecule has 0 saturated carbocycles. The summed E-state index contributed by atoms with van der Waals surface area (Å²) in [4.78, 5) is 0.341. The second kappa shape index (κ2) is 13.3. The lowest BCUT2D eigenvalue weighted by Crippen LogP contribution is -2.39. The van der Waals surface area contributed by atoms with E-state index in [4.69, 9.17) is 9.84 Å². The summed E-state index contributed by atoms with van der Waals surface area (Å²) >= 11 is 0. The van der Waals surface area contributed by atoms with Gasteiger partial charge < -0.3 is 9.84 Å². The van der Waals surface area contributed by atoms with Crippen LogP contribution in [0.2, 0.25) is 0 Å². The third-order valence-corrected chi connectivity index (χ3v) is 5.88. The number of aliphatic hydroxyl groups excluding tert-OH is 1. The summed E-state index contributed by atoms with van der Waals surface area (Å²) in [5, 5.41) is 7.00. The lowest BCUT2D eigenvalue weighted by Gasteiger charge is -2.31. The number of aryl methyl sites for hydroxylation is 1. The van der Waals surface area contributed by atoms with Crippen molar-refractivity contribution in [3.8, 4) is 0 Å². The number of hydrogen-bond donors (Lipinski definition) is 1. The van der Waals surface area contributed by atoms with Gasteiger partial charge in [-0.2, -0.15) is 0 Å². The fourth-order valence-electron chi connectivity index (χ4n) is 2.56. The summed E-state index contributed by atoms with van der Waals surface area (Å²) in [6, 6.07) is 16.1. The van der Waals surface area contributed by atoms with E-state index in [1.807, 2.05) is 70.2 Å². The summed E-state index contributed by atoms with van der Waals surface area (Å²) in [6.45, 7) is 8.23. The first-order valence-corrected chi connectivity index (χ1v) is 10.5. The summed E-state index contributed by atoms with van der Waals surface area (Å²) in [5.74, 6) is 0. The smallest absolute Gasteiger partial charge is 0.264 e. The second-order valence-electron chi connectivity index (χ2n) is 5.53. The van der Waals surface area contributed by atoms with E-state index in [1.54, 1.807) is 19.2 Å². The van der Waals surface area contributed by atoms with Gasteiger partial charge >= 0.3 is 0 Å². The molecule has 0 fully saturated rings. The molecule has 0 amide bonds. The Bertz CT molecular complexity index is 733. The minimum Gasteiger partial charge on any atom is -0.400 e. The zero-order valence-electron chi connectivity index (χ0n) is 17.2. The molecule has 6 heteroatoms. The van der Waals surface area contributed by atoms with Gasteiger partial charge in [0, 0.05) is 26.9 Å². The molecule has 0 spiro atoms. The molecule has 0 aliphatic rings. The Kier molecular flexibility index (Phi) is 12.4. The Morgan fingerprint density at radius 2 is 1.52 bits per heavy atom. The Balaban J connectivity index is 0.00000158. The molecule has 2 rings (SSSR count). The molecule has 0 aliphatic carbocycles. The number of methoxy groups -OCH3 is 1. The van der Waals surface area contributed by atoms with Crippen LogP contribution in [0.1, 0.15) is 32.8 Å². The number of para-hydroxylation sites is 1. The Hall–Kier alpha value is -1.89. The molecule has 2 aromatic carbocycles. The molecule has 0 aliphatic heterocycles. The average molecular weight is 396 g/mol. The highest BCUT2D eigenvalue weighted by Crippen LogP contribution is 2.28. The molecular formula is C21H33NO4S. The summed E-state index contributed by atoms with van der Waals surface area (Å²) in [5.41, 5.74) is 1.41. The Morgan fingerprint density at radius 3 is 2.04 bits per heavy atom. The normalized spacial score (nSPS) is 11.4. The van der Waals surface area contributed by atoms with E-state index in [0.29, 0.717) is 23.6 Å². The number of anilines is 1. The van der Waals surface area contributed by atoms with Crippen LogP contribution >= 0.6 is 0 Å². The van der Waals surface area contributed by atoms with Crippen molar-refractivity contribution in [3.63, 3.8) is 0 Å². The molecule has 2 aromatic rings. The van der Waals surface area contributed by atoms with Gasteiger partial charge in [-0.25, -0.2) is 8.42 Å². The Labute approximate surface area is 164 Å². The van der Waals surface area contributed by atoms with E-state index < -0.39 is 10.0 Å². The van der Waals surface area contributed by atoms with Crippen LogP contribution in [0, 0.1) is 6.92 Å². The van der Waals surface area contributed by atoms with Gasteiger partial charge in [0.1, 0.15) is 0 Å². The quantitative estimate of drug-likeness (QED) is 0.761. The van der Waals surface area contributed by atoms with Crippen molar-refractivity contribution in [2.45, 2.75) is 45.1 Å². The SMILES string of the molecule is CC.CO.COCCC(C)N(c1ccccc1)S(=O)(=O)c1ccccc1C. The first-order chi connectivity index (χ1) is 13.0. The van der Waals surface area contributed by atoms with Gasteiger partial charge in [0.25, 0.3) is 10.0 Å². The van der Waals surface area contributed by atoms with E-state index >= 15 is 0 Å². The zero-order valence-corrected chi connectivity index (χ0v) is 18.0. The van der Waals surface area contributed by atoms with Crippen LogP contribution in [-0.2, 0) is 14.8 Å². The number of ether oxygens (including phenoxy) is 1. The van der Waals surface area contributed by atoms with E-state index in [0.717, 1.165) is 12.7 Å². The predicted octanol–water partition coefficient (Wildman–Crippen LogP) is 4.25. The van der Waals surface area contributed by atoms with Crippen molar-refractivity contribution in [2.75, 3.05) is 25.1 Å². The molecular weight excluding hydrogens is 362 g/mol. The molecule has 0 bridgehead atoms. The van der Waals surface area contributed by atoms with Gasteiger partial charge in [-0.1, -0.05) is 50.2 Å². The number of rotatable bonds is 7. The molecule has 0 aromatic heterocycles. The molecule has 1 N–H and O–H groups in total. The molecule has 27 heavy (non-hydrogen) atoms. The minimum absolute atomic E-state index is 0.207. The third-order valence-electron chi connectivity index (χ3n) is 3.78. The highest BCUT2D eigenvalue weighted by Gasteiger charge is 2.30. The molecule has 1 unspecified atom stereocenters. The predicted molar refractivity (Wildman–Crippen MR) is 113 cm³/mol. The monoisotopic (exact) mass is 395 g/mol. The summed E-state index contributed by atoms with van der Waals surface area (Å²) < 4.78 is 33.1. The second-order valence-corrected chi connectivity index (χ2v) is 7.32. The van der Waals surface area contributed by atoms with E-state index in [2.05, 4.69) is 0 Å². The number of hydrogen-bond acceptors (Lipinski definition) is 4. The third kappa shape index (κ3) is 6.97. The molecule has 0 saturated heterocycles. The lowest BCUT2D eigenvalue weighted by molar-refractivity contribution is 0.190. The Morgan fingerprint density at radius 1 is 1.00 bits per heavy atom. The van der Waals surface area contributed by atoms with Gasteiger partial charge in [-0.3, -0.25) is 4.31 Å². The summed E-state index contributed by atoms with van der Waals surface area (Å²) in [6.07, 6.45) is 0.622. The largest absolute Gasteiger partial charge is 0.400 e. The van der Waals surface area contributed by atoms with Crippen LogP contribution in [0.4, 0.5) is 5.69 Å². The van der Waals surface area contributed by atoms with E-state index in [9.17, 15) is 8.42 Å². The van der Waals surface area contributed by atoms with Gasteiger partial charge in [0.2, 0.25) is 0 Å². The van der Waals surface area contributed by atoms with Crippen LogP contribution in [-0.4, -0.2) is 40.4 Å². The first kappa shape index (κ1) is 25.1. The molecule has 0 radical (unpaired) electrons. The van der Waals surface area contributed by atoms with Crippen molar-refractivity contribution in [2.24, 2.45) is 0 Å².